The predicted molar refractivity (Wildman–Crippen MR) is 56.5 cm³/mol. The van der Waals surface area contributed by atoms with Gasteiger partial charge in [0.1, 0.15) is 11.6 Å². The lowest BCUT2D eigenvalue weighted by molar-refractivity contribution is 0.621. The lowest BCUT2D eigenvalue weighted by atomic mass is 10.00. The largest absolute Gasteiger partial charge is 0.324 e. The quantitative estimate of drug-likeness (QED) is 0.763. The summed E-state index contributed by atoms with van der Waals surface area (Å²) in [6.45, 7) is 1.82. The molecule has 0 radical (unpaired) electrons. The predicted octanol–water partition coefficient (Wildman–Crippen LogP) is 3.14. The van der Waals surface area contributed by atoms with E-state index in [4.69, 9.17) is 5.73 Å². The first-order chi connectivity index (χ1) is 7.09. The minimum Gasteiger partial charge on any atom is -0.324 e. The SMILES string of the molecule is C[C@@H](N)c1ccc(F)c2cc(F)ccc12. The molecule has 0 aliphatic heterocycles. The van der Waals surface area contributed by atoms with E-state index >= 15 is 0 Å². The van der Waals surface area contributed by atoms with E-state index < -0.39 is 11.6 Å². The van der Waals surface area contributed by atoms with Crippen LogP contribution in [-0.4, -0.2) is 0 Å². The molecule has 0 bridgehead atoms. The summed E-state index contributed by atoms with van der Waals surface area (Å²) in [5.74, 6) is -0.864. The maximum Gasteiger partial charge on any atom is 0.131 e. The monoisotopic (exact) mass is 207 g/mol. The van der Waals surface area contributed by atoms with Crippen molar-refractivity contribution in [1.29, 1.82) is 0 Å². The Morgan fingerprint density at radius 2 is 1.80 bits per heavy atom. The van der Waals surface area contributed by atoms with Gasteiger partial charge in [0.25, 0.3) is 0 Å². The van der Waals surface area contributed by atoms with Crippen molar-refractivity contribution < 1.29 is 8.78 Å². The van der Waals surface area contributed by atoms with Gasteiger partial charge in [0.05, 0.1) is 0 Å². The van der Waals surface area contributed by atoms with Crippen LogP contribution in [0.5, 0.6) is 0 Å². The Labute approximate surface area is 86.5 Å². The van der Waals surface area contributed by atoms with Gasteiger partial charge in [0.15, 0.2) is 0 Å². The van der Waals surface area contributed by atoms with Crippen molar-refractivity contribution >= 4 is 10.8 Å². The minimum absolute atomic E-state index is 0.196. The highest BCUT2D eigenvalue weighted by atomic mass is 19.1. The van der Waals surface area contributed by atoms with Gasteiger partial charge in [0.2, 0.25) is 0 Å². The van der Waals surface area contributed by atoms with Gasteiger partial charge in [0, 0.05) is 11.4 Å². The molecule has 0 saturated carbocycles. The molecule has 1 nitrogen and oxygen atoms in total. The third kappa shape index (κ3) is 1.70. The zero-order valence-electron chi connectivity index (χ0n) is 8.30. The average molecular weight is 207 g/mol. The van der Waals surface area contributed by atoms with Crippen LogP contribution in [0, 0.1) is 11.6 Å². The molecule has 15 heavy (non-hydrogen) atoms. The summed E-state index contributed by atoms with van der Waals surface area (Å²) >= 11 is 0. The molecule has 0 spiro atoms. The molecule has 0 aliphatic rings. The van der Waals surface area contributed by atoms with Gasteiger partial charge in [-0.25, -0.2) is 8.78 Å². The molecule has 2 aromatic rings. The third-order valence-electron chi connectivity index (χ3n) is 2.45. The van der Waals surface area contributed by atoms with Crippen LogP contribution >= 0.6 is 0 Å². The Hall–Kier alpha value is -1.48. The van der Waals surface area contributed by atoms with Gasteiger partial charge >= 0.3 is 0 Å². The van der Waals surface area contributed by atoms with E-state index in [1.807, 2.05) is 6.92 Å². The first-order valence-corrected chi connectivity index (χ1v) is 4.73. The Kier molecular flexibility index (Phi) is 2.40. The summed E-state index contributed by atoms with van der Waals surface area (Å²) < 4.78 is 26.4. The second-order valence-corrected chi connectivity index (χ2v) is 3.62. The molecule has 0 heterocycles. The molecule has 0 amide bonds. The molecule has 0 fully saturated rings. The minimum atomic E-state index is -0.441. The van der Waals surface area contributed by atoms with Crippen LogP contribution in [0.1, 0.15) is 18.5 Å². The highest BCUT2D eigenvalue weighted by molar-refractivity contribution is 5.86. The lowest BCUT2D eigenvalue weighted by Gasteiger charge is -2.10. The van der Waals surface area contributed by atoms with E-state index in [1.54, 1.807) is 12.1 Å². The molecule has 3 heteroatoms. The van der Waals surface area contributed by atoms with Crippen LogP contribution in [0.25, 0.3) is 10.8 Å². The van der Waals surface area contributed by atoms with E-state index in [0.717, 1.165) is 5.56 Å². The van der Waals surface area contributed by atoms with Crippen molar-refractivity contribution in [1.82, 2.24) is 0 Å². The van der Waals surface area contributed by atoms with Gasteiger partial charge in [-0.15, -0.1) is 0 Å². The second-order valence-electron chi connectivity index (χ2n) is 3.62. The van der Waals surface area contributed by atoms with Crippen molar-refractivity contribution in [2.24, 2.45) is 5.73 Å². The van der Waals surface area contributed by atoms with Crippen molar-refractivity contribution in [3.8, 4) is 0 Å². The number of rotatable bonds is 1. The first-order valence-electron chi connectivity index (χ1n) is 4.73. The molecular formula is C12H11F2N. The Morgan fingerprint density at radius 1 is 1.07 bits per heavy atom. The lowest BCUT2D eigenvalue weighted by Crippen LogP contribution is -2.05. The molecule has 0 aromatic heterocycles. The zero-order chi connectivity index (χ0) is 11.0. The van der Waals surface area contributed by atoms with Gasteiger partial charge in [-0.05, 0) is 36.1 Å². The third-order valence-corrected chi connectivity index (χ3v) is 2.45. The molecule has 0 aliphatic carbocycles. The number of benzene rings is 2. The molecule has 1 atom stereocenters. The van der Waals surface area contributed by atoms with Crippen LogP contribution in [0.4, 0.5) is 8.78 Å². The highest BCUT2D eigenvalue weighted by Gasteiger charge is 2.09. The van der Waals surface area contributed by atoms with Crippen molar-refractivity contribution in [2.75, 3.05) is 0 Å². The standard InChI is InChI=1S/C12H11F2N/c1-7(15)9-4-5-12(14)11-6-8(13)2-3-10(9)11/h2-7H,15H2,1H3/t7-/m1/s1. The number of halogens is 2. The number of hydrogen-bond acceptors (Lipinski definition) is 1. The van der Waals surface area contributed by atoms with E-state index in [-0.39, 0.29) is 11.4 Å². The number of nitrogens with two attached hydrogens (primary N) is 1. The fraction of sp³-hybridized carbons (Fsp3) is 0.167. The summed E-state index contributed by atoms with van der Waals surface area (Å²) in [5.41, 5.74) is 6.58. The van der Waals surface area contributed by atoms with Gasteiger partial charge < -0.3 is 5.73 Å². The summed E-state index contributed by atoms with van der Waals surface area (Å²) in [7, 11) is 0. The molecular weight excluding hydrogens is 196 g/mol. The zero-order valence-corrected chi connectivity index (χ0v) is 8.30. The van der Waals surface area contributed by atoms with Crippen LogP contribution in [0.3, 0.4) is 0 Å². The van der Waals surface area contributed by atoms with Crippen LogP contribution in [-0.2, 0) is 0 Å². The molecule has 2 aromatic carbocycles. The van der Waals surface area contributed by atoms with Crippen molar-refractivity contribution in [3.05, 3.63) is 47.5 Å². The molecule has 0 saturated heterocycles. The summed E-state index contributed by atoms with van der Waals surface area (Å²) in [5, 5.41) is 0.955. The molecule has 2 N–H and O–H groups in total. The fourth-order valence-electron chi connectivity index (χ4n) is 1.71. The molecule has 78 valence electrons. The first kappa shape index (κ1) is 10.1. The summed E-state index contributed by atoms with van der Waals surface area (Å²) in [6, 6.07) is 6.83. The van der Waals surface area contributed by atoms with Gasteiger partial charge in [-0.1, -0.05) is 12.1 Å². The number of fused-ring (bicyclic) bond motifs is 1. The smallest absolute Gasteiger partial charge is 0.131 e. The number of hydrogen-bond donors (Lipinski definition) is 1. The Bertz CT molecular complexity index is 506. The topological polar surface area (TPSA) is 26.0 Å². The Balaban J connectivity index is 2.82. The summed E-state index contributed by atoms with van der Waals surface area (Å²) in [4.78, 5) is 0. The van der Waals surface area contributed by atoms with E-state index in [2.05, 4.69) is 0 Å². The van der Waals surface area contributed by atoms with Crippen LogP contribution < -0.4 is 5.73 Å². The molecule has 0 unspecified atom stereocenters. The van der Waals surface area contributed by atoms with E-state index in [0.29, 0.717) is 5.39 Å². The average Bonchev–Trinajstić information content (AvgIpc) is 2.19. The normalized spacial score (nSPS) is 13.1. The highest BCUT2D eigenvalue weighted by Crippen LogP contribution is 2.26. The van der Waals surface area contributed by atoms with Gasteiger partial charge in [-0.3, -0.25) is 0 Å². The summed E-state index contributed by atoms with van der Waals surface area (Å²) in [6.07, 6.45) is 0. The van der Waals surface area contributed by atoms with E-state index in [1.165, 1.54) is 18.2 Å². The van der Waals surface area contributed by atoms with Crippen molar-refractivity contribution in [2.45, 2.75) is 13.0 Å². The maximum atomic E-state index is 13.4. The Morgan fingerprint density at radius 3 is 2.47 bits per heavy atom. The molecule has 2 rings (SSSR count). The van der Waals surface area contributed by atoms with E-state index in [9.17, 15) is 8.78 Å². The van der Waals surface area contributed by atoms with Crippen LogP contribution in [0.15, 0.2) is 30.3 Å². The van der Waals surface area contributed by atoms with Crippen molar-refractivity contribution in [3.63, 3.8) is 0 Å². The van der Waals surface area contributed by atoms with Crippen LogP contribution in [0.2, 0.25) is 0 Å². The maximum absolute atomic E-state index is 13.4. The fourth-order valence-corrected chi connectivity index (χ4v) is 1.71. The van der Waals surface area contributed by atoms with Gasteiger partial charge in [-0.2, -0.15) is 0 Å². The second kappa shape index (κ2) is 3.59.